The lowest BCUT2D eigenvalue weighted by atomic mass is 10.1. The first-order chi connectivity index (χ1) is 16.9. The van der Waals surface area contributed by atoms with Crippen molar-refractivity contribution in [3.8, 4) is 21.9 Å². The summed E-state index contributed by atoms with van der Waals surface area (Å²) in [6, 6.07) is 13.2. The molecular formula is C27H29N3O4S. The van der Waals surface area contributed by atoms with Crippen LogP contribution >= 0.6 is 11.3 Å². The van der Waals surface area contributed by atoms with Gasteiger partial charge in [-0.25, -0.2) is 4.98 Å². The molecule has 2 heterocycles. The second kappa shape index (κ2) is 9.34. The summed E-state index contributed by atoms with van der Waals surface area (Å²) in [6.45, 7) is 5.10. The molecule has 3 atom stereocenters. The maximum atomic E-state index is 13.7. The molecule has 35 heavy (non-hydrogen) atoms. The molecule has 0 spiro atoms. The van der Waals surface area contributed by atoms with Crippen molar-refractivity contribution in [2.75, 3.05) is 27.3 Å². The quantitative estimate of drug-likeness (QED) is 0.532. The highest BCUT2D eigenvalue weighted by Gasteiger charge is 2.54. The monoisotopic (exact) mass is 491 g/mol. The number of amides is 2. The lowest BCUT2D eigenvalue weighted by Crippen LogP contribution is -2.45. The molecule has 182 valence electrons. The molecule has 0 radical (unpaired) electrons. The predicted octanol–water partition coefficient (Wildman–Crippen LogP) is 4.33. The van der Waals surface area contributed by atoms with Gasteiger partial charge in [0.05, 0.1) is 30.1 Å². The molecule has 2 aliphatic rings. The highest BCUT2D eigenvalue weighted by atomic mass is 32.1. The third-order valence-electron chi connectivity index (χ3n) is 6.90. The molecule has 7 nitrogen and oxygen atoms in total. The number of nitrogens with one attached hydrogen (secondary N) is 1. The summed E-state index contributed by atoms with van der Waals surface area (Å²) < 4.78 is 10.6. The number of hydrogen-bond donors (Lipinski definition) is 1. The smallest absolute Gasteiger partial charge is 0.274 e. The van der Waals surface area contributed by atoms with Crippen LogP contribution < -0.4 is 14.8 Å². The Hall–Kier alpha value is -3.39. The largest absolute Gasteiger partial charge is 0.493 e. The van der Waals surface area contributed by atoms with Gasteiger partial charge >= 0.3 is 0 Å². The van der Waals surface area contributed by atoms with E-state index in [0.29, 0.717) is 47.7 Å². The Balaban J connectivity index is 1.33. The SMILES string of the molecule is COc1ccc(C(=O)NC[C@@H]2[C@@H]3C[C@@H]3CN2C(=O)c2nc(C)sc2-c2cccc(C)c2)cc1OC. The summed E-state index contributed by atoms with van der Waals surface area (Å²) in [5.74, 6) is 1.75. The molecule has 2 aromatic carbocycles. The van der Waals surface area contributed by atoms with Gasteiger partial charge in [-0.2, -0.15) is 0 Å². The Morgan fingerprint density at radius 2 is 1.91 bits per heavy atom. The van der Waals surface area contributed by atoms with Gasteiger partial charge in [0.15, 0.2) is 11.5 Å². The minimum Gasteiger partial charge on any atom is -0.493 e. The van der Waals surface area contributed by atoms with Crippen molar-refractivity contribution in [2.24, 2.45) is 11.8 Å². The van der Waals surface area contributed by atoms with Gasteiger partial charge in [0.2, 0.25) is 0 Å². The third kappa shape index (κ3) is 4.50. The number of ether oxygens (including phenoxy) is 2. The van der Waals surface area contributed by atoms with Crippen molar-refractivity contribution in [1.82, 2.24) is 15.2 Å². The van der Waals surface area contributed by atoms with Gasteiger partial charge in [-0.15, -0.1) is 11.3 Å². The number of piperidine rings is 1. The lowest BCUT2D eigenvalue weighted by Gasteiger charge is -2.27. The highest BCUT2D eigenvalue weighted by Crippen LogP contribution is 2.50. The fourth-order valence-corrected chi connectivity index (χ4v) is 5.94. The molecule has 1 aromatic heterocycles. The molecule has 1 N–H and O–H groups in total. The number of hydrogen-bond acceptors (Lipinski definition) is 6. The number of likely N-dealkylation sites (tertiary alicyclic amines) is 1. The Morgan fingerprint density at radius 1 is 1.11 bits per heavy atom. The van der Waals surface area contributed by atoms with E-state index in [0.717, 1.165) is 27.4 Å². The number of rotatable bonds is 7. The fraction of sp³-hybridized carbons (Fsp3) is 0.370. The van der Waals surface area contributed by atoms with Crippen LogP contribution in [0.25, 0.3) is 10.4 Å². The molecule has 1 saturated carbocycles. The first-order valence-electron chi connectivity index (χ1n) is 11.7. The minimum atomic E-state index is -0.201. The van der Waals surface area contributed by atoms with Gasteiger partial charge in [0.1, 0.15) is 5.69 Å². The van der Waals surface area contributed by atoms with Crippen LogP contribution in [0.15, 0.2) is 42.5 Å². The Labute approximate surface area is 209 Å². The van der Waals surface area contributed by atoms with Gasteiger partial charge in [-0.05, 0) is 55.9 Å². The number of methoxy groups -OCH3 is 2. The average molecular weight is 492 g/mol. The van der Waals surface area contributed by atoms with Crippen molar-refractivity contribution in [3.05, 3.63) is 64.3 Å². The van der Waals surface area contributed by atoms with Crippen LogP contribution in [0.4, 0.5) is 0 Å². The Morgan fingerprint density at radius 3 is 2.66 bits per heavy atom. The number of thiazole rings is 1. The zero-order valence-corrected chi connectivity index (χ0v) is 21.1. The molecule has 2 amide bonds. The van der Waals surface area contributed by atoms with Crippen LogP contribution in [0.3, 0.4) is 0 Å². The molecular weight excluding hydrogens is 462 g/mol. The van der Waals surface area contributed by atoms with Crippen LogP contribution in [0.5, 0.6) is 11.5 Å². The van der Waals surface area contributed by atoms with E-state index in [1.807, 2.05) is 36.9 Å². The second-order valence-electron chi connectivity index (χ2n) is 9.24. The zero-order chi connectivity index (χ0) is 24.7. The van der Waals surface area contributed by atoms with E-state index in [1.54, 1.807) is 43.8 Å². The maximum absolute atomic E-state index is 13.7. The van der Waals surface area contributed by atoms with Gasteiger partial charge in [0.25, 0.3) is 11.8 Å². The van der Waals surface area contributed by atoms with Crippen LogP contribution in [0, 0.1) is 25.7 Å². The normalized spacial score (nSPS) is 20.3. The maximum Gasteiger partial charge on any atom is 0.274 e. The standard InChI is InChI=1S/C27H29N3O4S/c1-15-6-5-7-17(10-15)25-24(29-16(2)35-25)27(32)30-14-19-11-20(19)21(30)13-28-26(31)18-8-9-22(33-3)23(12-18)34-4/h5-10,12,19-21H,11,13-14H2,1-4H3,(H,28,31)/t19-,20-,21-/m1/s1. The van der Waals surface area contributed by atoms with E-state index in [-0.39, 0.29) is 17.9 Å². The van der Waals surface area contributed by atoms with E-state index in [4.69, 9.17) is 9.47 Å². The van der Waals surface area contributed by atoms with Crippen LogP contribution in [-0.2, 0) is 0 Å². The van der Waals surface area contributed by atoms with E-state index < -0.39 is 0 Å². The molecule has 5 rings (SSSR count). The molecule has 8 heteroatoms. The number of fused-ring (bicyclic) bond motifs is 1. The molecule has 3 aromatic rings. The average Bonchev–Trinajstić information content (AvgIpc) is 3.37. The van der Waals surface area contributed by atoms with Crippen molar-refractivity contribution < 1.29 is 19.1 Å². The van der Waals surface area contributed by atoms with E-state index >= 15 is 0 Å². The van der Waals surface area contributed by atoms with Crippen LogP contribution in [0.2, 0.25) is 0 Å². The zero-order valence-electron chi connectivity index (χ0n) is 20.3. The first-order valence-corrected chi connectivity index (χ1v) is 12.6. The first kappa shape index (κ1) is 23.4. The predicted molar refractivity (Wildman–Crippen MR) is 135 cm³/mol. The highest BCUT2D eigenvalue weighted by molar-refractivity contribution is 7.15. The van der Waals surface area contributed by atoms with Gasteiger partial charge in [-0.1, -0.05) is 29.8 Å². The summed E-state index contributed by atoms with van der Waals surface area (Å²) in [4.78, 5) is 34.1. The second-order valence-corrected chi connectivity index (χ2v) is 10.4. The van der Waals surface area contributed by atoms with E-state index in [9.17, 15) is 9.59 Å². The Kier molecular flexibility index (Phi) is 6.23. The van der Waals surface area contributed by atoms with E-state index in [1.165, 1.54) is 0 Å². The topological polar surface area (TPSA) is 80.8 Å². The summed E-state index contributed by atoms with van der Waals surface area (Å²) in [7, 11) is 3.10. The van der Waals surface area contributed by atoms with Gasteiger partial charge in [0, 0.05) is 18.7 Å². The van der Waals surface area contributed by atoms with Crippen molar-refractivity contribution in [3.63, 3.8) is 0 Å². The Bertz CT molecular complexity index is 1290. The van der Waals surface area contributed by atoms with Gasteiger partial charge in [-0.3, -0.25) is 9.59 Å². The minimum absolute atomic E-state index is 0.0380. The lowest BCUT2D eigenvalue weighted by molar-refractivity contribution is 0.0690. The van der Waals surface area contributed by atoms with Gasteiger partial charge < -0.3 is 19.7 Å². The molecule has 0 bridgehead atoms. The fourth-order valence-electron chi connectivity index (χ4n) is 5.03. The molecule has 1 saturated heterocycles. The number of aryl methyl sites for hydroxylation is 2. The summed E-state index contributed by atoms with van der Waals surface area (Å²) in [5.41, 5.74) is 3.16. The number of carbonyl (C=O) groups is 2. The van der Waals surface area contributed by atoms with E-state index in [2.05, 4.69) is 16.4 Å². The van der Waals surface area contributed by atoms with Crippen molar-refractivity contribution >= 4 is 23.2 Å². The molecule has 1 aliphatic heterocycles. The van der Waals surface area contributed by atoms with Crippen molar-refractivity contribution in [2.45, 2.75) is 26.3 Å². The van der Waals surface area contributed by atoms with Crippen LogP contribution in [-0.4, -0.2) is 55.0 Å². The summed E-state index contributed by atoms with van der Waals surface area (Å²) >= 11 is 1.55. The van der Waals surface area contributed by atoms with Crippen molar-refractivity contribution in [1.29, 1.82) is 0 Å². The third-order valence-corrected chi connectivity index (χ3v) is 7.92. The summed E-state index contributed by atoms with van der Waals surface area (Å²) in [6.07, 6.45) is 1.10. The number of aromatic nitrogens is 1. The van der Waals surface area contributed by atoms with Crippen LogP contribution in [0.1, 0.15) is 37.8 Å². The number of benzene rings is 2. The number of carbonyl (C=O) groups excluding carboxylic acids is 2. The number of nitrogens with zero attached hydrogens (tertiary/aromatic N) is 2. The summed E-state index contributed by atoms with van der Waals surface area (Å²) in [5, 5.41) is 3.90. The molecule has 2 fully saturated rings. The molecule has 0 unspecified atom stereocenters. The molecule has 1 aliphatic carbocycles.